The summed E-state index contributed by atoms with van der Waals surface area (Å²) in [7, 11) is 0. The smallest absolute Gasteiger partial charge is 0.319 e. The first-order chi connectivity index (χ1) is 12.2. The molecule has 0 atom stereocenters. The van der Waals surface area contributed by atoms with Crippen LogP contribution in [0.4, 0.5) is 10.5 Å². The molecule has 0 bridgehead atoms. The SMILES string of the molecule is O=C(NCCc1ccc(CO)cc1)Nc1cccc(-c2ncco2)c1. The number of benzene rings is 2. The predicted molar refractivity (Wildman–Crippen MR) is 95.0 cm³/mol. The summed E-state index contributed by atoms with van der Waals surface area (Å²) in [5.41, 5.74) is 3.44. The van der Waals surface area contributed by atoms with Crippen LogP contribution in [0.25, 0.3) is 11.5 Å². The topological polar surface area (TPSA) is 87.4 Å². The Morgan fingerprint density at radius 1 is 1.12 bits per heavy atom. The van der Waals surface area contributed by atoms with Crippen molar-refractivity contribution in [3.63, 3.8) is 0 Å². The van der Waals surface area contributed by atoms with Gasteiger partial charge in [0.05, 0.1) is 12.8 Å². The monoisotopic (exact) mass is 337 g/mol. The highest BCUT2D eigenvalue weighted by molar-refractivity contribution is 5.89. The van der Waals surface area contributed by atoms with Crippen LogP contribution in [0.3, 0.4) is 0 Å². The van der Waals surface area contributed by atoms with Crippen molar-refractivity contribution in [2.24, 2.45) is 0 Å². The lowest BCUT2D eigenvalue weighted by Gasteiger charge is -2.08. The van der Waals surface area contributed by atoms with Crippen LogP contribution in [-0.4, -0.2) is 22.7 Å². The Morgan fingerprint density at radius 2 is 1.92 bits per heavy atom. The zero-order valence-electron chi connectivity index (χ0n) is 13.6. The Kier molecular flexibility index (Phi) is 5.43. The van der Waals surface area contributed by atoms with Gasteiger partial charge >= 0.3 is 6.03 Å². The maximum Gasteiger partial charge on any atom is 0.319 e. The first-order valence-corrected chi connectivity index (χ1v) is 7.98. The fourth-order valence-corrected chi connectivity index (χ4v) is 2.40. The van der Waals surface area contributed by atoms with E-state index in [2.05, 4.69) is 15.6 Å². The Morgan fingerprint density at radius 3 is 2.64 bits per heavy atom. The summed E-state index contributed by atoms with van der Waals surface area (Å²) < 4.78 is 5.25. The van der Waals surface area contributed by atoms with E-state index in [9.17, 15) is 4.79 Å². The van der Waals surface area contributed by atoms with Gasteiger partial charge in [-0.2, -0.15) is 0 Å². The van der Waals surface area contributed by atoms with E-state index in [1.807, 2.05) is 36.4 Å². The molecule has 3 rings (SSSR count). The second-order valence-corrected chi connectivity index (χ2v) is 5.52. The third-order valence-electron chi connectivity index (χ3n) is 3.70. The number of hydrogen-bond acceptors (Lipinski definition) is 4. The fraction of sp³-hybridized carbons (Fsp3) is 0.158. The third-order valence-corrected chi connectivity index (χ3v) is 3.70. The summed E-state index contributed by atoms with van der Waals surface area (Å²) in [6, 6.07) is 14.7. The molecule has 6 heteroatoms. The number of rotatable bonds is 6. The largest absolute Gasteiger partial charge is 0.445 e. The number of urea groups is 1. The minimum absolute atomic E-state index is 0.0352. The van der Waals surface area contributed by atoms with Crippen molar-refractivity contribution < 1.29 is 14.3 Å². The van der Waals surface area contributed by atoms with E-state index < -0.39 is 0 Å². The lowest BCUT2D eigenvalue weighted by Crippen LogP contribution is -2.30. The van der Waals surface area contributed by atoms with E-state index in [0.717, 1.165) is 23.1 Å². The number of amides is 2. The summed E-state index contributed by atoms with van der Waals surface area (Å²) in [5.74, 6) is 0.510. The summed E-state index contributed by atoms with van der Waals surface area (Å²) >= 11 is 0. The van der Waals surface area contributed by atoms with Gasteiger partial charge in [-0.15, -0.1) is 0 Å². The van der Waals surface area contributed by atoms with E-state index in [1.165, 1.54) is 6.26 Å². The van der Waals surface area contributed by atoms with Gasteiger partial charge in [-0.3, -0.25) is 0 Å². The number of aliphatic hydroxyl groups excluding tert-OH is 1. The van der Waals surface area contributed by atoms with Gasteiger partial charge in [0.15, 0.2) is 0 Å². The molecule has 0 fully saturated rings. The molecule has 0 aliphatic rings. The maximum absolute atomic E-state index is 12.0. The summed E-state index contributed by atoms with van der Waals surface area (Å²) in [6.07, 6.45) is 3.81. The summed E-state index contributed by atoms with van der Waals surface area (Å²) in [6.45, 7) is 0.553. The lowest BCUT2D eigenvalue weighted by atomic mass is 10.1. The molecule has 2 aromatic carbocycles. The molecule has 0 aliphatic heterocycles. The maximum atomic E-state index is 12.0. The Hall–Kier alpha value is -3.12. The van der Waals surface area contributed by atoms with E-state index >= 15 is 0 Å². The van der Waals surface area contributed by atoms with E-state index in [-0.39, 0.29) is 12.6 Å². The van der Waals surface area contributed by atoms with Crippen molar-refractivity contribution in [3.05, 3.63) is 72.1 Å². The molecular weight excluding hydrogens is 318 g/mol. The molecule has 3 aromatic rings. The van der Waals surface area contributed by atoms with Gasteiger partial charge in [-0.05, 0) is 35.7 Å². The Bertz CT molecular complexity index is 814. The molecule has 128 valence electrons. The van der Waals surface area contributed by atoms with Gasteiger partial charge in [-0.25, -0.2) is 9.78 Å². The minimum atomic E-state index is -0.267. The second-order valence-electron chi connectivity index (χ2n) is 5.52. The highest BCUT2D eigenvalue weighted by atomic mass is 16.3. The van der Waals surface area contributed by atoms with Crippen LogP contribution in [0.5, 0.6) is 0 Å². The van der Waals surface area contributed by atoms with Crippen LogP contribution in [0.15, 0.2) is 65.4 Å². The van der Waals surface area contributed by atoms with Gasteiger partial charge in [0, 0.05) is 17.8 Å². The number of carbonyl (C=O) groups is 1. The van der Waals surface area contributed by atoms with Crippen molar-refractivity contribution in [1.82, 2.24) is 10.3 Å². The van der Waals surface area contributed by atoms with Gasteiger partial charge < -0.3 is 20.2 Å². The molecular formula is C19H19N3O3. The Balaban J connectivity index is 1.50. The number of oxazole rings is 1. The van der Waals surface area contributed by atoms with E-state index in [4.69, 9.17) is 9.52 Å². The normalized spacial score (nSPS) is 10.4. The minimum Gasteiger partial charge on any atom is -0.445 e. The van der Waals surface area contributed by atoms with Crippen LogP contribution < -0.4 is 10.6 Å². The molecule has 2 amide bonds. The molecule has 1 heterocycles. The zero-order chi connectivity index (χ0) is 17.5. The van der Waals surface area contributed by atoms with Crippen LogP contribution in [0, 0.1) is 0 Å². The van der Waals surface area contributed by atoms with Crippen LogP contribution in [0.1, 0.15) is 11.1 Å². The highest BCUT2D eigenvalue weighted by Crippen LogP contribution is 2.20. The summed E-state index contributed by atoms with van der Waals surface area (Å²) in [4.78, 5) is 16.1. The number of hydrogen-bond donors (Lipinski definition) is 3. The van der Waals surface area contributed by atoms with Gasteiger partial charge in [0.1, 0.15) is 6.26 Å². The van der Waals surface area contributed by atoms with Gasteiger partial charge in [0.25, 0.3) is 0 Å². The number of aromatic nitrogens is 1. The standard InChI is InChI=1S/C19H19N3O3/c23-13-15-6-4-14(5-7-15)8-9-21-19(24)22-17-3-1-2-16(12-17)18-20-10-11-25-18/h1-7,10-12,23H,8-9,13H2,(H2,21,22,24). The molecule has 3 N–H and O–H groups in total. The number of carbonyl (C=O) groups excluding carboxylic acids is 1. The summed E-state index contributed by atoms with van der Waals surface area (Å²) in [5, 5.41) is 14.6. The molecule has 1 aromatic heterocycles. The first-order valence-electron chi connectivity index (χ1n) is 7.98. The average Bonchev–Trinajstić information content (AvgIpc) is 3.17. The van der Waals surface area contributed by atoms with Gasteiger partial charge in [-0.1, -0.05) is 30.3 Å². The average molecular weight is 337 g/mol. The van der Waals surface area contributed by atoms with Crippen molar-refractivity contribution in [3.8, 4) is 11.5 Å². The van der Waals surface area contributed by atoms with Crippen molar-refractivity contribution in [1.29, 1.82) is 0 Å². The van der Waals surface area contributed by atoms with Crippen LogP contribution in [-0.2, 0) is 13.0 Å². The highest BCUT2D eigenvalue weighted by Gasteiger charge is 2.06. The van der Waals surface area contributed by atoms with Crippen molar-refractivity contribution >= 4 is 11.7 Å². The molecule has 0 unspecified atom stereocenters. The number of aliphatic hydroxyl groups is 1. The molecule has 0 spiro atoms. The van der Waals surface area contributed by atoms with Crippen molar-refractivity contribution in [2.45, 2.75) is 13.0 Å². The molecule has 0 saturated heterocycles. The molecule has 6 nitrogen and oxygen atoms in total. The quantitative estimate of drug-likeness (QED) is 0.644. The predicted octanol–water partition coefficient (Wildman–Crippen LogP) is 3.20. The number of nitrogens with zero attached hydrogens (tertiary/aromatic N) is 1. The molecule has 0 saturated carbocycles. The molecule has 0 aliphatic carbocycles. The third kappa shape index (κ3) is 4.68. The fourth-order valence-electron chi connectivity index (χ4n) is 2.40. The van der Waals surface area contributed by atoms with Crippen LogP contribution >= 0.6 is 0 Å². The van der Waals surface area contributed by atoms with Crippen molar-refractivity contribution in [2.75, 3.05) is 11.9 Å². The van der Waals surface area contributed by atoms with Gasteiger partial charge in [0.2, 0.25) is 5.89 Å². The number of nitrogens with one attached hydrogen (secondary N) is 2. The van der Waals surface area contributed by atoms with E-state index in [1.54, 1.807) is 18.3 Å². The first kappa shape index (κ1) is 16.7. The lowest BCUT2D eigenvalue weighted by molar-refractivity contribution is 0.252. The molecule has 25 heavy (non-hydrogen) atoms. The number of anilines is 1. The van der Waals surface area contributed by atoms with E-state index in [0.29, 0.717) is 18.1 Å². The zero-order valence-corrected chi connectivity index (χ0v) is 13.6. The Labute approximate surface area is 145 Å². The van der Waals surface area contributed by atoms with Crippen LogP contribution in [0.2, 0.25) is 0 Å². The second kappa shape index (κ2) is 8.12. The molecule has 0 radical (unpaired) electrons.